The van der Waals surface area contributed by atoms with E-state index in [1.54, 1.807) is 0 Å². The monoisotopic (exact) mass is 393 g/mol. The summed E-state index contributed by atoms with van der Waals surface area (Å²) in [6.45, 7) is 6.27. The summed E-state index contributed by atoms with van der Waals surface area (Å²) >= 11 is 0. The van der Waals surface area contributed by atoms with Crippen LogP contribution in [0.1, 0.15) is 15.9 Å². The summed E-state index contributed by atoms with van der Waals surface area (Å²) < 4.78 is 84.1. The van der Waals surface area contributed by atoms with Gasteiger partial charge in [-0.25, -0.2) is 18.0 Å². The van der Waals surface area contributed by atoms with Crippen LogP contribution in [0.2, 0.25) is 0 Å². The lowest BCUT2D eigenvalue weighted by Crippen LogP contribution is -2.23. The SMILES string of the molecule is C=CCNC=C(C(=O)OCC=C)C(=O)c1cc(F)c(F)c(C(F)(F)F)c1F. The largest absolute Gasteiger partial charge is 0.458 e. The van der Waals surface area contributed by atoms with Gasteiger partial charge >= 0.3 is 12.1 Å². The Labute approximate surface area is 149 Å². The van der Waals surface area contributed by atoms with Crippen LogP contribution in [0.4, 0.5) is 26.3 Å². The lowest BCUT2D eigenvalue weighted by atomic mass is 9.99. The minimum Gasteiger partial charge on any atom is -0.458 e. The number of ether oxygens (including phenoxy) is 1. The first-order chi connectivity index (χ1) is 12.6. The predicted molar refractivity (Wildman–Crippen MR) is 83.1 cm³/mol. The lowest BCUT2D eigenvalue weighted by Gasteiger charge is -2.13. The molecule has 1 aromatic rings. The number of ketones is 1. The van der Waals surface area contributed by atoms with E-state index in [4.69, 9.17) is 0 Å². The van der Waals surface area contributed by atoms with Gasteiger partial charge in [-0.3, -0.25) is 4.79 Å². The molecule has 0 radical (unpaired) electrons. The van der Waals surface area contributed by atoms with Crippen molar-refractivity contribution in [2.75, 3.05) is 13.2 Å². The highest BCUT2D eigenvalue weighted by Crippen LogP contribution is 2.36. The van der Waals surface area contributed by atoms with Gasteiger partial charge in [0.15, 0.2) is 11.6 Å². The minimum atomic E-state index is -5.61. The molecule has 1 aromatic carbocycles. The third-order valence-corrected chi connectivity index (χ3v) is 2.99. The second-order valence-electron chi connectivity index (χ2n) is 4.88. The first-order valence-electron chi connectivity index (χ1n) is 7.18. The second-order valence-corrected chi connectivity index (χ2v) is 4.88. The van der Waals surface area contributed by atoms with E-state index >= 15 is 0 Å². The molecule has 1 rings (SSSR count). The van der Waals surface area contributed by atoms with Gasteiger partial charge in [0.1, 0.15) is 23.6 Å². The van der Waals surface area contributed by atoms with Crippen molar-refractivity contribution in [2.24, 2.45) is 0 Å². The van der Waals surface area contributed by atoms with Crippen molar-refractivity contribution in [3.05, 3.63) is 71.7 Å². The average Bonchev–Trinajstić information content (AvgIpc) is 2.58. The maximum Gasteiger partial charge on any atom is 0.422 e. The average molecular weight is 393 g/mol. The summed E-state index contributed by atoms with van der Waals surface area (Å²) in [6, 6.07) is -0.0651. The number of esters is 1. The number of carbonyl (C=O) groups is 2. The molecule has 1 N–H and O–H groups in total. The molecule has 10 heteroatoms. The van der Waals surface area contributed by atoms with Crippen LogP contribution in [0.25, 0.3) is 0 Å². The summed E-state index contributed by atoms with van der Waals surface area (Å²) in [5.41, 5.74) is -5.00. The molecule has 0 saturated heterocycles. The number of halogens is 6. The fourth-order valence-electron chi connectivity index (χ4n) is 1.84. The Morgan fingerprint density at radius 2 is 1.74 bits per heavy atom. The molecule has 0 bridgehead atoms. The summed E-state index contributed by atoms with van der Waals surface area (Å²) in [6.07, 6.45) is -2.42. The molecule has 0 aliphatic heterocycles. The maximum atomic E-state index is 14.1. The highest BCUT2D eigenvalue weighted by molar-refractivity contribution is 6.24. The van der Waals surface area contributed by atoms with Crippen LogP contribution in [0.5, 0.6) is 0 Å². The van der Waals surface area contributed by atoms with E-state index in [1.165, 1.54) is 6.08 Å². The van der Waals surface area contributed by atoms with Crippen LogP contribution in [0.15, 0.2) is 43.1 Å². The number of nitrogens with one attached hydrogen (secondary N) is 1. The quantitative estimate of drug-likeness (QED) is 0.0843. The Balaban J connectivity index is 3.51. The van der Waals surface area contributed by atoms with E-state index in [1.807, 2.05) is 0 Å². The van der Waals surface area contributed by atoms with Crippen molar-refractivity contribution in [3.63, 3.8) is 0 Å². The van der Waals surface area contributed by atoms with Gasteiger partial charge in [0.25, 0.3) is 0 Å². The number of hydrogen-bond donors (Lipinski definition) is 1. The van der Waals surface area contributed by atoms with E-state index in [2.05, 4.69) is 23.2 Å². The van der Waals surface area contributed by atoms with Gasteiger partial charge in [0, 0.05) is 12.7 Å². The maximum absolute atomic E-state index is 14.1. The number of Topliss-reactive ketones (excluding diaryl/α,β-unsaturated/α-hetero) is 1. The summed E-state index contributed by atoms with van der Waals surface area (Å²) in [5, 5.41) is 2.39. The molecule has 0 saturated carbocycles. The van der Waals surface area contributed by atoms with Gasteiger partial charge in [0.05, 0.1) is 5.56 Å². The van der Waals surface area contributed by atoms with Crippen molar-refractivity contribution in [1.29, 1.82) is 0 Å². The number of carbonyl (C=O) groups excluding carboxylic acids is 2. The standard InChI is InChI=1S/C17H13F6NO3/c1-3-5-24-8-10(16(26)27-6-4-2)15(25)9-7-11(18)14(20)12(13(9)19)17(21,22)23/h3-4,7-8,24H,1-2,5-6H2. The van der Waals surface area contributed by atoms with Gasteiger partial charge < -0.3 is 10.1 Å². The van der Waals surface area contributed by atoms with Crippen molar-refractivity contribution in [2.45, 2.75) is 6.18 Å². The van der Waals surface area contributed by atoms with Crippen molar-refractivity contribution < 1.29 is 40.7 Å². The number of rotatable bonds is 8. The molecule has 27 heavy (non-hydrogen) atoms. The van der Waals surface area contributed by atoms with Gasteiger partial charge in [-0.15, -0.1) is 6.58 Å². The number of alkyl halides is 3. The fourth-order valence-corrected chi connectivity index (χ4v) is 1.84. The molecule has 0 fully saturated rings. The third-order valence-electron chi connectivity index (χ3n) is 2.99. The van der Waals surface area contributed by atoms with E-state index in [9.17, 15) is 35.9 Å². The summed E-state index contributed by atoms with van der Waals surface area (Å²) in [7, 11) is 0. The Morgan fingerprint density at radius 1 is 1.11 bits per heavy atom. The first-order valence-corrected chi connectivity index (χ1v) is 7.18. The fraction of sp³-hybridized carbons (Fsp3) is 0.176. The van der Waals surface area contributed by atoms with E-state index < -0.39 is 52.1 Å². The zero-order valence-corrected chi connectivity index (χ0v) is 13.6. The normalized spacial score (nSPS) is 11.7. The third kappa shape index (κ3) is 5.22. The highest BCUT2D eigenvalue weighted by Gasteiger charge is 2.41. The topological polar surface area (TPSA) is 55.4 Å². The Kier molecular flexibility index (Phi) is 7.38. The van der Waals surface area contributed by atoms with Crippen LogP contribution in [-0.2, 0) is 15.7 Å². The Bertz CT molecular complexity index is 799. The molecule has 4 nitrogen and oxygen atoms in total. The van der Waals surface area contributed by atoms with Crippen molar-refractivity contribution in [3.8, 4) is 0 Å². The molecule has 0 heterocycles. The Morgan fingerprint density at radius 3 is 2.26 bits per heavy atom. The zero-order valence-electron chi connectivity index (χ0n) is 13.6. The zero-order chi connectivity index (χ0) is 20.8. The summed E-state index contributed by atoms with van der Waals surface area (Å²) in [5.74, 6) is -9.93. The van der Waals surface area contributed by atoms with Gasteiger partial charge in [0.2, 0.25) is 5.78 Å². The molecular formula is C17H13F6NO3. The van der Waals surface area contributed by atoms with Gasteiger partial charge in [-0.1, -0.05) is 18.7 Å². The van der Waals surface area contributed by atoms with Gasteiger partial charge in [-0.2, -0.15) is 13.2 Å². The van der Waals surface area contributed by atoms with Gasteiger partial charge in [-0.05, 0) is 6.07 Å². The number of hydrogen-bond acceptors (Lipinski definition) is 4. The molecule has 0 atom stereocenters. The first kappa shape index (κ1) is 22.0. The molecule has 0 amide bonds. The van der Waals surface area contributed by atoms with E-state index in [-0.39, 0.29) is 19.2 Å². The molecule has 0 aromatic heterocycles. The smallest absolute Gasteiger partial charge is 0.422 e. The molecule has 146 valence electrons. The van der Waals surface area contributed by atoms with E-state index in [0.29, 0.717) is 0 Å². The van der Waals surface area contributed by atoms with Crippen LogP contribution >= 0.6 is 0 Å². The highest BCUT2D eigenvalue weighted by atomic mass is 19.4. The lowest BCUT2D eigenvalue weighted by molar-refractivity contribution is -0.142. The van der Waals surface area contributed by atoms with E-state index in [0.717, 1.165) is 12.3 Å². The van der Waals surface area contributed by atoms with Crippen LogP contribution in [-0.4, -0.2) is 24.9 Å². The Hall–Kier alpha value is -3.04. The van der Waals surface area contributed by atoms with Crippen LogP contribution < -0.4 is 5.32 Å². The predicted octanol–water partition coefficient (Wildman–Crippen LogP) is 3.69. The second kappa shape index (κ2) is 9.06. The number of benzene rings is 1. The molecule has 0 aliphatic carbocycles. The van der Waals surface area contributed by atoms with Crippen LogP contribution in [0.3, 0.4) is 0 Å². The van der Waals surface area contributed by atoms with Crippen molar-refractivity contribution in [1.82, 2.24) is 5.32 Å². The van der Waals surface area contributed by atoms with Crippen LogP contribution in [0, 0.1) is 17.5 Å². The minimum absolute atomic E-state index is 0.0274. The van der Waals surface area contributed by atoms with Crippen molar-refractivity contribution >= 4 is 11.8 Å². The molecule has 0 spiro atoms. The molecule has 0 aliphatic rings. The molecular weight excluding hydrogens is 380 g/mol. The molecule has 0 unspecified atom stereocenters. The summed E-state index contributed by atoms with van der Waals surface area (Å²) in [4.78, 5) is 24.3.